The van der Waals surface area contributed by atoms with E-state index in [1.165, 1.54) is 17.5 Å². The lowest BCUT2D eigenvalue weighted by atomic mass is 9.96. The maximum Gasteiger partial charge on any atom is 0.318 e. The van der Waals surface area contributed by atoms with Crippen molar-refractivity contribution >= 4 is 11.9 Å². The van der Waals surface area contributed by atoms with Gasteiger partial charge in [-0.3, -0.25) is 9.69 Å². The van der Waals surface area contributed by atoms with E-state index in [1.807, 2.05) is 29.2 Å². The number of hydrogen-bond acceptors (Lipinski definition) is 4. The second-order valence-corrected chi connectivity index (χ2v) is 10.7. The van der Waals surface area contributed by atoms with E-state index in [1.54, 1.807) is 11.2 Å². The second kappa shape index (κ2) is 13.5. The zero-order valence-electron chi connectivity index (χ0n) is 22.7. The standard InChI is InChI=1S/C32H40N4O3/c37-30(18-19-36(25-29-17-10-24-39-29)32(38)33-28-15-8-3-9-16-28)34-20-22-35(23-21-34)31(26-11-4-1-5-12-26)27-13-6-2-7-14-27/h1-2,4-7,10-14,17,24,28,31H,3,8-9,15-16,18-23,25H2,(H,33,38). The molecule has 2 heterocycles. The van der Waals surface area contributed by atoms with E-state index in [2.05, 4.69) is 58.7 Å². The first kappa shape index (κ1) is 27.0. The molecule has 3 aromatic rings. The number of amides is 3. The highest BCUT2D eigenvalue weighted by molar-refractivity contribution is 5.78. The van der Waals surface area contributed by atoms with Gasteiger partial charge < -0.3 is 19.5 Å². The van der Waals surface area contributed by atoms with Gasteiger partial charge in [0.05, 0.1) is 18.8 Å². The molecule has 0 unspecified atom stereocenters. The van der Waals surface area contributed by atoms with Gasteiger partial charge in [-0.15, -0.1) is 0 Å². The summed E-state index contributed by atoms with van der Waals surface area (Å²) >= 11 is 0. The molecule has 3 amide bonds. The molecule has 2 aliphatic rings. The average molecular weight is 529 g/mol. The van der Waals surface area contributed by atoms with Crippen LogP contribution in [0.25, 0.3) is 0 Å². The molecule has 2 fully saturated rings. The smallest absolute Gasteiger partial charge is 0.318 e. The van der Waals surface area contributed by atoms with Crippen molar-refractivity contribution in [2.45, 2.75) is 57.2 Å². The van der Waals surface area contributed by atoms with Gasteiger partial charge in [-0.25, -0.2) is 4.79 Å². The zero-order valence-corrected chi connectivity index (χ0v) is 22.7. The summed E-state index contributed by atoms with van der Waals surface area (Å²) in [6.45, 7) is 3.71. The number of urea groups is 1. The summed E-state index contributed by atoms with van der Waals surface area (Å²) in [4.78, 5) is 32.6. The fourth-order valence-corrected chi connectivity index (χ4v) is 5.86. The number of furan rings is 1. The molecule has 0 radical (unpaired) electrons. The molecule has 0 spiro atoms. The van der Waals surface area contributed by atoms with Gasteiger partial charge >= 0.3 is 6.03 Å². The summed E-state index contributed by atoms with van der Waals surface area (Å²) in [6.07, 6.45) is 7.52. The summed E-state index contributed by atoms with van der Waals surface area (Å²) in [6, 6.07) is 25.1. The Labute approximate surface area is 231 Å². The third kappa shape index (κ3) is 7.30. The van der Waals surface area contributed by atoms with Crippen LogP contribution in [0, 0.1) is 0 Å². The Bertz CT molecular complexity index is 1120. The predicted molar refractivity (Wildman–Crippen MR) is 152 cm³/mol. The number of hydrogen-bond donors (Lipinski definition) is 1. The van der Waals surface area contributed by atoms with Crippen molar-refractivity contribution in [2.24, 2.45) is 0 Å². The van der Waals surface area contributed by atoms with Crippen molar-refractivity contribution < 1.29 is 14.0 Å². The monoisotopic (exact) mass is 528 g/mol. The largest absolute Gasteiger partial charge is 0.467 e. The molecule has 1 aliphatic carbocycles. The molecule has 39 heavy (non-hydrogen) atoms. The van der Waals surface area contributed by atoms with Crippen molar-refractivity contribution in [1.29, 1.82) is 0 Å². The molecule has 7 heteroatoms. The van der Waals surface area contributed by atoms with Crippen LogP contribution in [-0.2, 0) is 11.3 Å². The van der Waals surface area contributed by atoms with Gasteiger partial charge in [0.25, 0.3) is 0 Å². The van der Waals surface area contributed by atoms with Gasteiger partial charge in [0.1, 0.15) is 5.76 Å². The van der Waals surface area contributed by atoms with Gasteiger partial charge in [0.15, 0.2) is 0 Å². The molecule has 7 nitrogen and oxygen atoms in total. The van der Waals surface area contributed by atoms with Crippen molar-refractivity contribution in [3.63, 3.8) is 0 Å². The minimum absolute atomic E-state index is 0.0977. The van der Waals surface area contributed by atoms with E-state index in [4.69, 9.17) is 4.42 Å². The topological polar surface area (TPSA) is 69.0 Å². The first-order valence-electron chi connectivity index (χ1n) is 14.4. The van der Waals surface area contributed by atoms with E-state index in [0.29, 0.717) is 32.6 Å². The van der Waals surface area contributed by atoms with Crippen LogP contribution in [0.15, 0.2) is 83.5 Å². The van der Waals surface area contributed by atoms with Crippen LogP contribution in [0.4, 0.5) is 4.79 Å². The number of rotatable bonds is 9. The normalized spacial score (nSPS) is 16.8. The van der Waals surface area contributed by atoms with Crippen molar-refractivity contribution in [2.75, 3.05) is 32.7 Å². The Morgan fingerprint density at radius 2 is 1.49 bits per heavy atom. The van der Waals surface area contributed by atoms with Gasteiger partial charge in [-0.2, -0.15) is 0 Å². The number of nitrogens with one attached hydrogen (secondary N) is 1. The molecule has 0 atom stereocenters. The highest BCUT2D eigenvalue weighted by Crippen LogP contribution is 2.29. The molecule has 1 aliphatic heterocycles. The summed E-state index contributed by atoms with van der Waals surface area (Å²) < 4.78 is 5.51. The Balaban J connectivity index is 1.17. The Morgan fingerprint density at radius 3 is 2.08 bits per heavy atom. The first-order chi connectivity index (χ1) is 19.2. The summed E-state index contributed by atoms with van der Waals surface area (Å²) in [5.74, 6) is 0.822. The molecule has 2 aromatic carbocycles. The van der Waals surface area contributed by atoms with Crippen molar-refractivity contribution in [3.05, 3.63) is 95.9 Å². The summed E-state index contributed by atoms with van der Waals surface area (Å²) in [5, 5.41) is 3.20. The Kier molecular flexibility index (Phi) is 9.33. The number of piperazine rings is 1. The minimum atomic E-state index is -0.107. The van der Waals surface area contributed by atoms with E-state index < -0.39 is 0 Å². The lowest BCUT2D eigenvalue weighted by molar-refractivity contribution is -0.133. The minimum Gasteiger partial charge on any atom is -0.467 e. The number of carbonyl (C=O) groups is 2. The average Bonchev–Trinajstić information content (AvgIpc) is 3.50. The number of benzene rings is 2. The van der Waals surface area contributed by atoms with E-state index in [9.17, 15) is 9.59 Å². The zero-order chi connectivity index (χ0) is 26.9. The second-order valence-electron chi connectivity index (χ2n) is 10.7. The van der Waals surface area contributed by atoms with Gasteiger partial charge in [-0.05, 0) is 36.1 Å². The van der Waals surface area contributed by atoms with E-state index in [0.717, 1.165) is 44.5 Å². The molecular formula is C32H40N4O3. The highest BCUT2D eigenvalue weighted by Gasteiger charge is 2.29. The van der Waals surface area contributed by atoms with E-state index in [-0.39, 0.29) is 24.0 Å². The molecule has 1 N–H and O–H groups in total. The maximum atomic E-state index is 13.3. The quantitative estimate of drug-likeness (QED) is 0.401. The van der Waals surface area contributed by atoms with Crippen LogP contribution in [-0.4, -0.2) is 65.4 Å². The first-order valence-corrected chi connectivity index (χ1v) is 14.4. The van der Waals surface area contributed by atoms with Crippen LogP contribution in [0.5, 0.6) is 0 Å². The van der Waals surface area contributed by atoms with E-state index >= 15 is 0 Å². The molecule has 1 saturated heterocycles. The fourth-order valence-electron chi connectivity index (χ4n) is 5.86. The van der Waals surface area contributed by atoms with Crippen molar-refractivity contribution in [3.8, 4) is 0 Å². The third-order valence-electron chi connectivity index (χ3n) is 8.01. The highest BCUT2D eigenvalue weighted by atomic mass is 16.3. The Hall–Kier alpha value is -3.58. The van der Waals surface area contributed by atoms with Crippen LogP contribution < -0.4 is 5.32 Å². The van der Waals surface area contributed by atoms with Gasteiger partial charge in [0.2, 0.25) is 5.91 Å². The third-order valence-corrected chi connectivity index (χ3v) is 8.01. The maximum absolute atomic E-state index is 13.3. The van der Waals surface area contributed by atoms with Crippen LogP contribution in [0.3, 0.4) is 0 Å². The SMILES string of the molecule is O=C(CCN(Cc1ccco1)C(=O)NC1CCCCC1)N1CCN(C(c2ccccc2)c2ccccc2)CC1. The van der Waals surface area contributed by atoms with Crippen molar-refractivity contribution in [1.82, 2.24) is 20.0 Å². The number of carbonyl (C=O) groups excluding carboxylic acids is 2. The Morgan fingerprint density at radius 1 is 0.846 bits per heavy atom. The van der Waals surface area contributed by atoms with Crippen LogP contribution in [0.1, 0.15) is 61.5 Å². The summed E-state index contributed by atoms with van der Waals surface area (Å²) in [7, 11) is 0. The molecule has 206 valence electrons. The molecular weight excluding hydrogens is 488 g/mol. The molecule has 1 saturated carbocycles. The number of nitrogens with zero attached hydrogens (tertiary/aromatic N) is 3. The van der Waals surface area contributed by atoms with Crippen LogP contribution in [0.2, 0.25) is 0 Å². The molecule has 5 rings (SSSR count). The molecule has 1 aromatic heterocycles. The van der Waals surface area contributed by atoms with Crippen LogP contribution >= 0.6 is 0 Å². The van der Waals surface area contributed by atoms with Gasteiger partial charge in [-0.1, -0.05) is 79.9 Å². The predicted octanol–water partition coefficient (Wildman–Crippen LogP) is 5.45. The lowest BCUT2D eigenvalue weighted by Gasteiger charge is -2.40. The lowest BCUT2D eigenvalue weighted by Crippen LogP contribution is -2.51. The summed E-state index contributed by atoms with van der Waals surface area (Å²) in [5.41, 5.74) is 2.53. The van der Waals surface area contributed by atoms with Gasteiger partial charge in [0, 0.05) is 45.2 Å². The molecule has 0 bridgehead atoms. The fraction of sp³-hybridized carbons (Fsp3) is 0.438.